The van der Waals surface area contributed by atoms with E-state index in [1.54, 1.807) is 11.3 Å². The molecule has 0 unspecified atom stereocenters. The molecule has 0 saturated heterocycles. The van der Waals surface area contributed by atoms with Crippen LogP contribution in [0.5, 0.6) is 0 Å². The van der Waals surface area contributed by atoms with E-state index in [4.69, 9.17) is 5.73 Å². The maximum absolute atomic E-state index is 12.7. The van der Waals surface area contributed by atoms with Crippen molar-refractivity contribution in [3.8, 4) is 0 Å². The summed E-state index contributed by atoms with van der Waals surface area (Å²) in [5.74, 6) is 0.748. The van der Waals surface area contributed by atoms with Crippen LogP contribution in [-0.4, -0.2) is 5.78 Å². The van der Waals surface area contributed by atoms with Gasteiger partial charge in [-0.05, 0) is 55.0 Å². The normalized spacial score (nSPS) is 17.8. The summed E-state index contributed by atoms with van der Waals surface area (Å²) < 4.78 is 0.975. The van der Waals surface area contributed by atoms with Gasteiger partial charge in [0.2, 0.25) is 0 Å². The Hall–Kier alpha value is -1.13. The molecule has 0 bridgehead atoms. The molecule has 1 atom stereocenters. The quantitative estimate of drug-likeness (QED) is 0.814. The van der Waals surface area contributed by atoms with Crippen LogP contribution in [0.3, 0.4) is 0 Å². The third kappa shape index (κ3) is 2.42. The van der Waals surface area contributed by atoms with E-state index in [9.17, 15) is 4.79 Å². The minimum absolute atomic E-state index is 0.0575. The number of halogens is 1. The zero-order chi connectivity index (χ0) is 14.3. The number of anilines is 1. The smallest absolute Gasteiger partial charge is 0.196 e. The van der Waals surface area contributed by atoms with E-state index in [-0.39, 0.29) is 5.78 Å². The monoisotopic (exact) mass is 349 g/mol. The molecule has 2 aromatic rings. The Kier molecular flexibility index (Phi) is 3.69. The number of rotatable bonds is 2. The minimum atomic E-state index is 0.0575. The van der Waals surface area contributed by atoms with Gasteiger partial charge in [0.05, 0.1) is 10.6 Å². The van der Waals surface area contributed by atoms with Crippen molar-refractivity contribution in [2.24, 2.45) is 5.92 Å². The Labute approximate surface area is 131 Å². The molecular formula is C16H16BrNOS. The van der Waals surface area contributed by atoms with Gasteiger partial charge in [0.15, 0.2) is 5.78 Å². The summed E-state index contributed by atoms with van der Waals surface area (Å²) >= 11 is 4.98. The van der Waals surface area contributed by atoms with Crippen molar-refractivity contribution in [2.75, 3.05) is 5.73 Å². The molecule has 4 heteroatoms. The number of hydrogen-bond acceptors (Lipinski definition) is 3. The standard InChI is InChI=1S/C16H16BrNOS/c1-9-2-7-12-13(8-9)20-16(18)14(12)15(19)10-3-5-11(17)6-4-10/h3-6,9H,2,7-8,18H2,1H3/t9-/m1/s1. The van der Waals surface area contributed by atoms with Crippen LogP contribution in [0.15, 0.2) is 28.7 Å². The molecule has 2 nitrogen and oxygen atoms in total. The van der Waals surface area contributed by atoms with Crippen LogP contribution in [0.25, 0.3) is 0 Å². The van der Waals surface area contributed by atoms with Crippen LogP contribution in [-0.2, 0) is 12.8 Å². The second kappa shape index (κ2) is 5.34. The zero-order valence-corrected chi connectivity index (χ0v) is 13.7. The second-order valence-corrected chi connectivity index (χ2v) is 7.48. The fourth-order valence-electron chi connectivity index (χ4n) is 2.77. The van der Waals surface area contributed by atoms with E-state index < -0.39 is 0 Å². The maximum atomic E-state index is 12.7. The highest BCUT2D eigenvalue weighted by molar-refractivity contribution is 9.10. The van der Waals surface area contributed by atoms with Crippen molar-refractivity contribution >= 4 is 38.1 Å². The molecule has 1 aromatic carbocycles. The summed E-state index contributed by atoms with van der Waals surface area (Å²) in [4.78, 5) is 14.0. The fraction of sp³-hybridized carbons (Fsp3) is 0.312. The number of nitrogen functional groups attached to an aromatic ring is 1. The van der Waals surface area contributed by atoms with E-state index in [0.29, 0.717) is 16.5 Å². The molecule has 0 saturated carbocycles. The molecule has 1 aromatic heterocycles. The van der Waals surface area contributed by atoms with Gasteiger partial charge in [0, 0.05) is 14.9 Å². The summed E-state index contributed by atoms with van der Waals surface area (Å²) in [7, 11) is 0. The lowest BCUT2D eigenvalue weighted by Gasteiger charge is -2.18. The molecule has 1 aliphatic rings. The molecule has 0 fully saturated rings. The lowest BCUT2D eigenvalue weighted by Crippen LogP contribution is -2.13. The van der Waals surface area contributed by atoms with Crippen LogP contribution in [0.1, 0.15) is 39.7 Å². The first-order valence-electron chi connectivity index (χ1n) is 6.76. The van der Waals surface area contributed by atoms with Gasteiger partial charge in [0.1, 0.15) is 0 Å². The average molecular weight is 350 g/mol. The van der Waals surface area contributed by atoms with Gasteiger partial charge >= 0.3 is 0 Å². The fourth-order valence-corrected chi connectivity index (χ4v) is 4.31. The van der Waals surface area contributed by atoms with Gasteiger partial charge in [-0.25, -0.2) is 0 Å². The number of fused-ring (bicyclic) bond motifs is 1. The van der Waals surface area contributed by atoms with Crippen LogP contribution in [0.2, 0.25) is 0 Å². The Bertz CT molecular complexity index is 660. The molecule has 1 aliphatic carbocycles. The molecule has 1 heterocycles. The third-order valence-corrected chi connectivity index (χ3v) is 5.48. The highest BCUT2D eigenvalue weighted by atomic mass is 79.9. The van der Waals surface area contributed by atoms with E-state index in [1.807, 2.05) is 24.3 Å². The molecule has 0 spiro atoms. The lowest BCUT2D eigenvalue weighted by atomic mass is 9.87. The van der Waals surface area contributed by atoms with Crippen molar-refractivity contribution in [2.45, 2.75) is 26.2 Å². The summed E-state index contributed by atoms with van der Waals surface area (Å²) in [6, 6.07) is 7.48. The molecule has 0 aliphatic heterocycles. The summed E-state index contributed by atoms with van der Waals surface area (Å²) in [6.07, 6.45) is 3.17. The zero-order valence-electron chi connectivity index (χ0n) is 11.3. The summed E-state index contributed by atoms with van der Waals surface area (Å²) in [5.41, 5.74) is 8.77. The minimum Gasteiger partial charge on any atom is -0.390 e. The van der Waals surface area contributed by atoms with Crippen molar-refractivity contribution in [3.05, 3.63) is 50.3 Å². The molecule has 0 radical (unpaired) electrons. The number of carbonyl (C=O) groups excluding carboxylic acids is 1. The van der Waals surface area contributed by atoms with E-state index in [1.165, 1.54) is 10.4 Å². The van der Waals surface area contributed by atoms with Crippen LogP contribution >= 0.6 is 27.3 Å². The second-order valence-electron chi connectivity index (χ2n) is 5.43. The van der Waals surface area contributed by atoms with Crippen molar-refractivity contribution in [3.63, 3.8) is 0 Å². The highest BCUT2D eigenvalue weighted by Gasteiger charge is 2.26. The van der Waals surface area contributed by atoms with E-state index >= 15 is 0 Å². The van der Waals surface area contributed by atoms with Crippen molar-refractivity contribution in [1.29, 1.82) is 0 Å². The van der Waals surface area contributed by atoms with Gasteiger partial charge in [0.25, 0.3) is 0 Å². The van der Waals surface area contributed by atoms with Gasteiger partial charge in [-0.2, -0.15) is 0 Å². The first-order valence-corrected chi connectivity index (χ1v) is 8.37. The topological polar surface area (TPSA) is 43.1 Å². The van der Waals surface area contributed by atoms with Crippen LogP contribution in [0, 0.1) is 5.92 Å². The average Bonchev–Trinajstić information content (AvgIpc) is 2.73. The van der Waals surface area contributed by atoms with Gasteiger partial charge in [-0.3, -0.25) is 4.79 Å². The largest absolute Gasteiger partial charge is 0.390 e. The SMILES string of the molecule is C[C@@H]1CCc2c(sc(N)c2C(=O)c2ccc(Br)cc2)C1. The first kappa shape index (κ1) is 13.8. The number of nitrogens with two attached hydrogens (primary N) is 1. The van der Waals surface area contributed by atoms with Crippen molar-refractivity contribution in [1.82, 2.24) is 0 Å². The summed E-state index contributed by atoms with van der Waals surface area (Å²) in [6.45, 7) is 2.26. The Morgan fingerprint density at radius 3 is 2.75 bits per heavy atom. The van der Waals surface area contributed by atoms with Gasteiger partial charge in [-0.15, -0.1) is 11.3 Å². The van der Waals surface area contributed by atoms with Gasteiger partial charge in [-0.1, -0.05) is 22.9 Å². The summed E-state index contributed by atoms with van der Waals surface area (Å²) in [5, 5.41) is 0.678. The molecule has 104 valence electrons. The molecule has 3 rings (SSSR count). The number of ketones is 1. The third-order valence-electron chi connectivity index (χ3n) is 3.87. The molecule has 0 amide bonds. The predicted octanol–water partition coefficient (Wildman–Crippen LogP) is 4.45. The molecule has 20 heavy (non-hydrogen) atoms. The maximum Gasteiger partial charge on any atom is 0.196 e. The lowest BCUT2D eigenvalue weighted by molar-refractivity contribution is 0.103. The number of thiophene rings is 1. The van der Waals surface area contributed by atoms with Crippen LogP contribution < -0.4 is 5.73 Å². The van der Waals surface area contributed by atoms with E-state index in [2.05, 4.69) is 22.9 Å². The number of benzene rings is 1. The number of hydrogen-bond donors (Lipinski definition) is 1. The van der Waals surface area contributed by atoms with Crippen LogP contribution in [0.4, 0.5) is 5.00 Å². The number of carbonyl (C=O) groups is 1. The Morgan fingerprint density at radius 1 is 1.35 bits per heavy atom. The van der Waals surface area contributed by atoms with Gasteiger partial charge < -0.3 is 5.73 Å². The van der Waals surface area contributed by atoms with E-state index in [0.717, 1.165) is 29.3 Å². The first-order chi connectivity index (χ1) is 9.56. The predicted molar refractivity (Wildman–Crippen MR) is 87.5 cm³/mol. The Morgan fingerprint density at radius 2 is 2.05 bits per heavy atom. The highest BCUT2D eigenvalue weighted by Crippen LogP contribution is 2.39. The molecule has 2 N–H and O–H groups in total. The van der Waals surface area contributed by atoms with Crippen molar-refractivity contribution < 1.29 is 4.79 Å². The molecular weight excluding hydrogens is 334 g/mol. The Balaban J connectivity index is 2.02.